The van der Waals surface area contributed by atoms with Gasteiger partial charge in [-0.15, -0.1) is 0 Å². The summed E-state index contributed by atoms with van der Waals surface area (Å²) in [7, 11) is 1.96. The number of β-amino-alcohol motifs (C(OH)–C–C–N with tert-alkyl or cyclic N) is 1. The highest BCUT2D eigenvalue weighted by atomic mass is 19.1. The second kappa shape index (κ2) is 6.06. The van der Waals surface area contributed by atoms with E-state index in [4.69, 9.17) is 4.74 Å². The van der Waals surface area contributed by atoms with E-state index >= 15 is 0 Å². The third kappa shape index (κ3) is 3.45. The molecule has 0 spiro atoms. The third-order valence-electron chi connectivity index (χ3n) is 4.03. The molecule has 22 heavy (non-hydrogen) atoms. The van der Waals surface area contributed by atoms with Crippen LogP contribution in [0.1, 0.15) is 12.1 Å². The summed E-state index contributed by atoms with van der Waals surface area (Å²) in [5.74, 6) is 0.272. The Labute approximate surface area is 129 Å². The minimum atomic E-state index is -0.868. The summed E-state index contributed by atoms with van der Waals surface area (Å²) in [6.45, 7) is 2.34. The van der Waals surface area contributed by atoms with E-state index < -0.39 is 5.60 Å². The molecule has 1 saturated heterocycles. The lowest BCUT2D eigenvalue weighted by Gasteiger charge is -2.23. The highest BCUT2D eigenvalue weighted by molar-refractivity contribution is 5.22. The minimum Gasteiger partial charge on any atom is -0.491 e. The molecular formula is C16H20FN3O2. The van der Waals surface area contributed by atoms with Gasteiger partial charge in [-0.1, -0.05) is 0 Å². The SMILES string of the molecule is Cn1cncc1CN1CC[C@@](O)(COc2ccc(F)cc2)C1. The molecule has 0 saturated carbocycles. The van der Waals surface area contributed by atoms with Crippen molar-refractivity contribution in [2.75, 3.05) is 19.7 Å². The lowest BCUT2D eigenvalue weighted by atomic mass is 10.1. The van der Waals surface area contributed by atoms with Gasteiger partial charge in [0.05, 0.1) is 12.0 Å². The number of hydrogen-bond acceptors (Lipinski definition) is 4. The van der Waals surface area contributed by atoms with E-state index in [0.717, 1.165) is 18.8 Å². The van der Waals surface area contributed by atoms with Gasteiger partial charge in [0.1, 0.15) is 23.8 Å². The number of hydrogen-bond donors (Lipinski definition) is 1. The Morgan fingerprint density at radius 1 is 1.36 bits per heavy atom. The zero-order valence-corrected chi connectivity index (χ0v) is 12.6. The van der Waals surface area contributed by atoms with Crippen LogP contribution in [0.4, 0.5) is 4.39 Å². The molecule has 5 nitrogen and oxygen atoms in total. The van der Waals surface area contributed by atoms with Crippen LogP contribution < -0.4 is 4.74 Å². The molecule has 118 valence electrons. The van der Waals surface area contributed by atoms with Crippen molar-refractivity contribution in [3.8, 4) is 5.75 Å². The average molecular weight is 305 g/mol. The lowest BCUT2D eigenvalue weighted by Crippen LogP contribution is -2.39. The van der Waals surface area contributed by atoms with Gasteiger partial charge in [0, 0.05) is 32.9 Å². The number of aliphatic hydroxyl groups is 1. The van der Waals surface area contributed by atoms with Crippen LogP contribution in [0.25, 0.3) is 0 Å². The van der Waals surface area contributed by atoms with Crippen LogP contribution >= 0.6 is 0 Å². The first-order valence-corrected chi connectivity index (χ1v) is 7.32. The quantitative estimate of drug-likeness (QED) is 0.911. The van der Waals surface area contributed by atoms with Gasteiger partial charge in [-0.05, 0) is 30.7 Å². The van der Waals surface area contributed by atoms with Gasteiger partial charge in [-0.2, -0.15) is 0 Å². The summed E-state index contributed by atoms with van der Waals surface area (Å²) < 4.78 is 20.4. The van der Waals surface area contributed by atoms with Gasteiger partial charge < -0.3 is 14.4 Å². The van der Waals surface area contributed by atoms with E-state index in [1.807, 2.05) is 17.8 Å². The fourth-order valence-electron chi connectivity index (χ4n) is 2.71. The van der Waals surface area contributed by atoms with E-state index in [-0.39, 0.29) is 12.4 Å². The molecule has 1 aromatic heterocycles. The Morgan fingerprint density at radius 2 is 2.14 bits per heavy atom. The number of aryl methyl sites for hydroxylation is 1. The number of nitrogens with zero attached hydrogens (tertiary/aromatic N) is 3. The molecule has 0 amide bonds. The highest BCUT2D eigenvalue weighted by Crippen LogP contribution is 2.24. The van der Waals surface area contributed by atoms with E-state index in [1.54, 1.807) is 18.5 Å². The first-order valence-electron chi connectivity index (χ1n) is 7.32. The average Bonchev–Trinajstić information content (AvgIpc) is 3.06. The van der Waals surface area contributed by atoms with Crippen molar-refractivity contribution in [3.05, 3.63) is 48.3 Å². The van der Waals surface area contributed by atoms with Crippen molar-refractivity contribution in [1.29, 1.82) is 0 Å². The molecule has 6 heteroatoms. The molecule has 0 aliphatic carbocycles. The standard InChI is InChI=1S/C16H20FN3O2/c1-19-12-18-8-14(19)9-20-7-6-16(21,10-20)11-22-15-4-2-13(17)3-5-15/h2-5,8,12,21H,6-7,9-11H2,1H3/t16-/m0/s1. The van der Waals surface area contributed by atoms with Crippen LogP contribution in [-0.2, 0) is 13.6 Å². The number of rotatable bonds is 5. The number of likely N-dealkylation sites (tertiary alicyclic amines) is 1. The molecule has 0 bridgehead atoms. The Kier molecular flexibility index (Phi) is 4.13. The smallest absolute Gasteiger partial charge is 0.123 e. The van der Waals surface area contributed by atoms with Gasteiger partial charge in [-0.25, -0.2) is 9.37 Å². The summed E-state index contributed by atoms with van der Waals surface area (Å²) in [5.41, 5.74) is 0.246. The van der Waals surface area contributed by atoms with Gasteiger partial charge in [0.15, 0.2) is 0 Å². The van der Waals surface area contributed by atoms with Crippen molar-refractivity contribution in [2.45, 2.75) is 18.6 Å². The van der Waals surface area contributed by atoms with Gasteiger partial charge in [0.2, 0.25) is 0 Å². The number of imidazole rings is 1. The summed E-state index contributed by atoms with van der Waals surface area (Å²) in [5, 5.41) is 10.6. The molecule has 1 aliphatic rings. The van der Waals surface area contributed by atoms with Crippen LogP contribution in [0.3, 0.4) is 0 Å². The van der Waals surface area contributed by atoms with Crippen molar-refractivity contribution in [1.82, 2.24) is 14.5 Å². The molecule has 1 fully saturated rings. The van der Waals surface area contributed by atoms with E-state index in [1.165, 1.54) is 12.1 Å². The largest absolute Gasteiger partial charge is 0.491 e. The van der Waals surface area contributed by atoms with Gasteiger partial charge >= 0.3 is 0 Å². The fourth-order valence-corrected chi connectivity index (χ4v) is 2.71. The van der Waals surface area contributed by atoms with Crippen molar-refractivity contribution < 1.29 is 14.2 Å². The number of benzene rings is 1. The zero-order chi connectivity index (χ0) is 15.6. The molecule has 1 atom stereocenters. The Hall–Kier alpha value is -1.92. The summed E-state index contributed by atoms with van der Waals surface area (Å²) in [6, 6.07) is 5.84. The van der Waals surface area contributed by atoms with Crippen LogP contribution in [0, 0.1) is 5.82 Å². The monoisotopic (exact) mass is 305 g/mol. The van der Waals surface area contributed by atoms with Crippen LogP contribution in [-0.4, -0.2) is 44.9 Å². The highest BCUT2D eigenvalue weighted by Gasteiger charge is 2.37. The number of ether oxygens (including phenoxy) is 1. The summed E-state index contributed by atoms with van der Waals surface area (Å²) in [6.07, 6.45) is 4.27. The molecule has 2 heterocycles. The van der Waals surface area contributed by atoms with Crippen molar-refractivity contribution in [2.24, 2.45) is 7.05 Å². The topological polar surface area (TPSA) is 50.5 Å². The van der Waals surface area contributed by atoms with E-state index in [9.17, 15) is 9.50 Å². The number of halogens is 1. The third-order valence-corrected chi connectivity index (χ3v) is 4.03. The van der Waals surface area contributed by atoms with Crippen molar-refractivity contribution >= 4 is 0 Å². The second-order valence-electron chi connectivity index (χ2n) is 5.92. The Balaban J connectivity index is 1.54. The van der Waals surface area contributed by atoms with Crippen LogP contribution in [0.15, 0.2) is 36.8 Å². The molecule has 1 aliphatic heterocycles. The lowest BCUT2D eigenvalue weighted by molar-refractivity contribution is 0.00323. The number of aromatic nitrogens is 2. The van der Waals surface area contributed by atoms with E-state index in [0.29, 0.717) is 18.7 Å². The molecule has 2 aromatic rings. The molecular weight excluding hydrogens is 285 g/mol. The maximum Gasteiger partial charge on any atom is 0.123 e. The Bertz CT molecular complexity index is 629. The molecule has 0 radical (unpaired) electrons. The first-order chi connectivity index (χ1) is 10.5. The maximum absolute atomic E-state index is 12.8. The predicted molar refractivity (Wildman–Crippen MR) is 79.9 cm³/mol. The second-order valence-corrected chi connectivity index (χ2v) is 5.92. The van der Waals surface area contributed by atoms with Crippen molar-refractivity contribution in [3.63, 3.8) is 0 Å². The fraction of sp³-hybridized carbons (Fsp3) is 0.438. The maximum atomic E-state index is 12.8. The van der Waals surface area contributed by atoms with Crippen LogP contribution in [0.2, 0.25) is 0 Å². The Morgan fingerprint density at radius 3 is 2.82 bits per heavy atom. The molecule has 1 aromatic carbocycles. The van der Waals surface area contributed by atoms with Gasteiger partial charge in [-0.3, -0.25) is 4.90 Å². The minimum absolute atomic E-state index is 0.209. The van der Waals surface area contributed by atoms with Gasteiger partial charge in [0.25, 0.3) is 0 Å². The zero-order valence-electron chi connectivity index (χ0n) is 12.6. The molecule has 3 rings (SSSR count). The first kappa shape index (κ1) is 15.0. The molecule has 1 N–H and O–H groups in total. The van der Waals surface area contributed by atoms with E-state index in [2.05, 4.69) is 9.88 Å². The summed E-state index contributed by atoms with van der Waals surface area (Å²) >= 11 is 0. The van der Waals surface area contributed by atoms with Crippen LogP contribution in [0.5, 0.6) is 5.75 Å². The molecule has 0 unspecified atom stereocenters. The summed E-state index contributed by atoms with van der Waals surface area (Å²) in [4.78, 5) is 6.29. The normalized spacial score (nSPS) is 22.1. The predicted octanol–water partition coefficient (Wildman–Crippen LogP) is 1.57.